The van der Waals surface area contributed by atoms with Crippen LogP contribution in [0.4, 0.5) is 0 Å². The first-order chi connectivity index (χ1) is 31.5. The molecule has 0 amide bonds. The molecule has 0 spiro atoms. The summed E-state index contributed by atoms with van der Waals surface area (Å²) in [5.74, 6) is -0.963. The molecule has 0 radical (unpaired) electrons. The van der Waals surface area contributed by atoms with E-state index in [1.807, 2.05) is 0 Å². The summed E-state index contributed by atoms with van der Waals surface area (Å²) >= 11 is 0. The van der Waals surface area contributed by atoms with Gasteiger partial charge in [0.2, 0.25) is 0 Å². The van der Waals surface area contributed by atoms with Crippen molar-refractivity contribution in [2.45, 2.75) is 239 Å². The number of esters is 3. The SMILES string of the molecule is CCCC/C=C\C=C/CCCCCC(=O)OCC(COC(=O)CCCCCCC\C=C/C=C\C=C/C=C\CCCCC)OC(=O)CCCCCCCCC/C=C\C/C=C\CCCCC. The summed E-state index contributed by atoms with van der Waals surface area (Å²) in [5, 5.41) is 0. The smallest absolute Gasteiger partial charge is 0.306 e. The molecule has 0 rings (SSSR count). The van der Waals surface area contributed by atoms with Crippen molar-refractivity contribution in [3.63, 3.8) is 0 Å². The van der Waals surface area contributed by atoms with Crippen LogP contribution >= 0.6 is 0 Å². The van der Waals surface area contributed by atoms with Crippen LogP contribution in [0.2, 0.25) is 0 Å². The number of allylic oxidation sites excluding steroid dienone is 16. The lowest BCUT2D eigenvalue weighted by Gasteiger charge is -2.18. The highest BCUT2D eigenvalue weighted by molar-refractivity contribution is 5.71. The van der Waals surface area contributed by atoms with Gasteiger partial charge in [0.05, 0.1) is 0 Å². The molecular weight excluding hydrogens is 793 g/mol. The zero-order valence-electron chi connectivity index (χ0n) is 41.5. The predicted octanol–water partition coefficient (Wildman–Crippen LogP) is 17.4. The second kappa shape index (κ2) is 52.0. The van der Waals surface area contributed by atoms with Crippen LogP contribution in [-0.4, -0.2) is 37.2 Å². The number of hydrogen-bond donors (Lipinski definition) is 0. The molecule has 1 unspecified atom stereocenters. The Kier molecular flexibility index (Phi) is 49.0. The van der Waals surface area contributed by atoms with Gasteiger partial charge in [0.15, 0.2) is 6.10 Å². The number of carbonyl (C=O) groups is 3. The highest BCUT2D eigenvalue weighted by Crippen LogP contribution is 2.13. The topological polar surface area (TPSA) is 78.9 Å². The Labute approximate surface area is 394 Å². The molecule has 0 N–H and O–H groups in total. The molecule has 64 heavy (non-hydrogen) atoms. The van der Waals surface area contributed by atoms with Crippen LogP contribution in [0, 0.1) is 0 Å². The number of rotatable bonds is 46. The van der Waals surface area contributed by atoms with Crippen molar-refractivity contribution in [2.75, 3.05) is 13.2 Å². The van der Waals surface area contributed by atoms with E-state index in [1.165, 1.54) is 83.5 Å². The van der Waals surface area contributed by atoms with Crippen LogP contribution in [0.3, 0.4) is 0 Å². The summed E-state index contributed by atoms with van der Waals surface area (Å²) in [7, 11) is 0. The molecule has 0 saturated carbocycles. The molecule has 0 saturated heterocycles. The van der Waals surface area contributed by atoms with Crippen LogP contribution in [-0.2, 0) is 28.6 Å². The maximum absolute atomic E-state index is 12.8. The molecule has 0 aliphatic rings. The molecule has 6 nitrogen and oxygen atoms in total. The van der Waals surface area contributed by atoms with Crippen molar-refractivity contribution < 1.29 is 28.6 Å². The van der Waals surface area contributed by atoms with Crippen molar-refractivity contribution in [3.05, 3.63) is 97.2 Å². The lowest BCUT2D eigenvalue weighted by Crippen LogP contribution is -2.30. The van der Waals surface area contributed by atoms with Gasteiger partial charge < -0.3 is 14.2 Å². The molecule has 0 aromatic carbocycles. The summed E-state index contributed by atoms with van der Waals surface area (Å²) < 4.78 is 16.7. The van der Waals surface area contributed by atoms with E-state index in [0.717, 1.165) is 109 Å². The first-order valence-electron chi connectivity index (χ1n) is 26.3. The van der Waals surface area contributed by atoms with Crippen molar-refractivity contribution >= 4 is 17.9 Å². The van der Waals surface area contributed by atoms with Gasteiger partial charge in [-0.2, -0.15) is 0 Å². The summed E-state index contributed by atoms with van der Waals surface area (Å²) in [6.45, 7) is 6.46. The number of carbonyl (C=O) groups excluding carboxylic acids is 3. The first-order valence-corrected chi connectivity index (χ1v) is 26.3. The van der Waals surface area contributed by atoms with Gasteiger partial charge >= 0.3 is 17.9 Å². The molecular formula is C58H96O6. The van der Waals surface area contributed by atoms with E-state index >= 15 is 0 Å². The van der Waals surface area contributed by atoms with E-state index in [-0.39, 0.29) is 31.1 Å². The maximum Gasteiger partial charge on any atom is 0.306 e. The van der Waals surface area contributed by atoms with E-state index in [0.29, 0.717) is 19.3 Å². The third kappa shape index (κ3) is 49.3. The normalized spacial score (nSPS) is 12.9. The van der Waals surface area contributed by atoms with Gasteiger partial charge in [-0.05, 0) is 96.3 Å². The first kappa shape index (κ1) is 60.3. The second-order valence-electron chi connectivity index (χ2n) is 17.2. The van der Waals surface area contributed by atoms with Gasteiger partial charge in [-0.25, -0.2) is 0 Å². The Morgan fingerprint density at radius 3 is 1.08 bits per heavy atom. The van der Waals surface area contributed by atoms with Gasteiger partial charge in [0.25, 0.3) is 0 Å². The molecule has 0 fully saturated rings. The zero-order valence-corrected chi connectivity index (χ0v) is 41.5. The van der Waals surface area contributed by atoms with Crippen LogP contribution in [0.5, 0.6) is 0 Å². The number of hydrogen-bond acceptors (Lipinski definition) is 6. The minimum absolute atomic E-state index is 0.103. The molecule has 0 bridgehead atoms. The fourth-order valence-corrected chi connectivity index (χ4v) is 6.87. The Hall–Kier alpha value is -3.67. The van der Waals surface area contributed by atoms with Crippen LogP contribution < -0.4 is 0 Å². The average Bonchev–Trinajstić information content (AvgIpc) is 3.29. The van der Waals surface area contributed by atoms with Crippen molar-refractivity contribution in [1.29, 1.82) is 0 Å². The van der Waals surface area contributed by atoms with E-state index < -0.39 is 6.10 Å². The molecule has 0 heterocycles. The minimum atomic E-state index is -0.803. The predicted molar refractivity (Wildman–Crippen MR) is 274 cm³/mol. The average molecular weight is 889 g/mol. The fourth-order valence-electron chi connectivity index (χ4n) is 6.87. The summed E-state index contributed by atoms with van der Waals surface area (Å²) in [6, 6.07) is 0. The van der Waals surface area contributed by atoms with Crippen molar-refractivity contribution in [2.24, 2.45) is 0 Å². The Balaban J connectivity index is 4.46. The lowest BCUT2D eigenvalue weighted by atomic mass is 10.1. The minimum Gasteiger partial charge on any atom is -0.462 e. The highest BCUT2D eigenvalue weighted by atomic mass is 16.6. The summed E-state index contributed by atoms with van der Waals surface area (Å²) in [6.07, 6.45) is 68.1. The molecule has 0 aromatic rings. The largest absolute Gasteiger partial charge is 0.462 e. The standard InChI is InChI=1S/C58H96O6/c1-4-7-10-13-16-19-22-24-26-28-30-31-33-36-39-42-45-48-51-57(60)63-54-55(53-62-56(59)50-47-44-41-38-35-21-18-15-12-9-6-3)64-58(61)52-49-46-43-40-37-34-32-29-27-25-23-20-17-14-11-8-5-2/h15-22,24-28,30-31,35,55H,4-14,23,29,32-34,36-54H2,1-3H3/b18-15-,19-16-,20-17-,24-22-,27-25-,28-26-,31-30-,35-21-. The van der Waals surface area contributed by atoms with E-state index in [2.05, 4.69) is 118 Å². The third-order valence-corrected chi connectivity index (χ3v) is 10.9. The Morgan fingerprint density at radius 2 is 0.641 bits per heavy atom. The molecule has 364 valence electrons. The highest BCUT2D eigenvalue weighted by Gasteiger charge is 2.19. The van der Waals surface area contributed by atoms with Gasteiger partial charge in [-0.15, -0.1) is 0 Å². The fraction of sp³-hybridized carbons (Fsp3) is 0.672. The number of ether oxygens (including phenoxy) is 3. The second-order valence-corrected chi connectivity index (χ2v) is 17.2. The molecule has 0 aromatic heterocycles. The number of unbranched alkanes of at least 4 members (excludes halogenated alkanes) is 23. The quantitative estimate of drug-likeness (QED) is 0.0199. The van der Waals surface area contributed by atoms with Crippen molar-refractivity contribution in [1.82, 2.24) is 0 Å². The van der Waals surface area contributed by atoms with Gasteiger partial charge in [-0.1, -0.05) is 214 Å². The maximum atomic E-state index is 12.8. The summed E-state index contributed by atoms with van der Waals surface area (Å²) in [5.41, 5.74) is 0. The van der Waals surface area contributed by atoms with E-state index in [9.17, 15) is 14.4 Å². The van der Waals surface area contributed by atoms with Crippen LogP contribution in [0.15, 0.2) is 97.2 Å². The van der Waals surface area contributed by atoms with E-state index in [4.69, 9.17) is 14.2 Å². The zero-order chi connectivity index (χ0) is 46.5. The Bertz CT molecular complexity index is 1300. The van der Waals surface area contributed by atoms with Gasteiger partial charge in [-0.3, -0.25) is 14.4 Å². The third-order valence-electron chi connectivity index (χ3n) is 10.9. The van der Waals surface area contributed by atoms with Crippen molar-refractivity contribution in [3.8, 4) is 0 Å². The lowest BCUT2D eigenvalue weighted by molar-refractivity contribution is -0.167. The van der Waals surface area contributed by atoms with Gasteiger partial charge in [0.1, 0.15) is 13.2 Å². The van der Waals surface area contributed by atoms with Crippen LogP contribution in [0.25, 0.3) is 0 Å². The molecule has 0 aliphatic carbocycles. The van der Waals surface area contributed by atoms with Crippen LogP contribution in [0.1, 0.15) is 233 Å². The molecule has 1 atom stereocenters. The molecule has 6 heteroatoms. The molecule has 0 aliphatic heterocycles. The summed E-state index contributed by atoms with van der Waals surface area (Å²) in [4.78, 5) is 38.0. The monoisotopic (exact) mass is 889 g/mol. The Morgan fingerprint density at radius 1 is 0.328 bits per heavy atom. The van der Waals surface area contributed by atoms with Gasteiger partial charge in [0, 0.05) is 19.3 Å². The van der Waals surface area contributed by atoms with E-state index in [1.54, 1.807) is 0 Å².